The monoisotopic (exact) mass is 639 g/mol. The van der Waals surface area contributed by atoms with E-state index in [1.165, 1.54) is 42.9 Å². The zero-order valence-electron chi connectivity index (χ0n) is 25.5. The van der Waals surface area contributed by atoms with Gasteiger partial charge in [0, 0.05) is 37.4 Å². The van der Waals surface area contributed by atoms with Gasteiger partial charge in [0.25, 0.3) is 11.8 Å². The first-order valence-electron chi connectivity index (χ1n) is 14.1. The van der Waals surface area contributed by atoms with Crippen LogP contribution >= 0.6 is 0 Å². The van der Waals surface area contributed by atoms with Gasteiger partial charge >= 0.3 is 0 Å². The summed E-state index contributed by atoms with van der Waals surface area (Å²) >= 11 is 0. The molecule has 3 amide bonds. The number of aromatic amines is 1. The van der Waals surface area contributed by atoms with Gasteiger partial charge in [0.05, 0.1) is 31.0 Å². The molecule has 240 valence electrons. The lowest BCUT2D eigenvalue weighted by molar-refractivity contribution is -0.111. The lowest BCUT2D eigenvalue weighted by atomic mass is 10.1. The first-order valence-corrected chi connectivity index (χ1v) is 15.6. The average Bonchev–Trinajstić information content (AvgIpc) is 3.49. The van der Waals surface area contributed by atoms with E-state index in [0.717, 1.165) is 0 Å². The zero-order valence-corrected chi connectivity index (χ0v) is 26.3. The van der Waals surface area contributed by atoms with Crippen LogP contribution in [0.15, 0.2) is 65.7 Å². The van der Waals surface area contributed by atoms with Crippen LogP contribution in [-0.4, -0.2) is 99.5 Å². The van der Waals surface area contributed by atoms with E-state index in [1.807, 2.05) is 19.0 Å². The number of carbonyl (C=O) groups is 3. The topological polar surface area (TPSA) is 175 Å². The SMILES string of the molecule is COc1cccc(OC)c1C(=O)Nc1cn[nH]c1C(=O)NC1CCN(S(=O)(=O)c2cccc(NC(=O)C=CCN(C)C)c2)CC1. The van der Waals surface area contributed by atoms with E-state index in [-0.39, 0.29) is 46.9 Å². The predicted octanol–water partition coefficient (Wildman–Crippen LogP) is 2.32. The van der Waals surface area contributed by atoms with Gasteiger partial charge in [-0.3, -0.25) is 19.5 Å². The molecule has 1 aliphatic rings. The molecule has 0 saturated carbocycles. The van der Waals surface area contributed by atoms with E-state index in [2.05, 4.69) is 26.1 Å². The summed E-state index contributed by atoms with van der Waals surface area (Å²) in [6.45, 7) is 0.950. The fourth-order valence-corrected chi connectivity index (χ4v) is 6.27. The molecule has 1 saturated heterocycles. The second-order valence-electron chi connectivity index (χ2n) is 10.5. The number of nitrogens with one attached hydrogen (secondary N) is 4. The minimum atomic E-state index is -3.84. The third kappa shape index (κ3) is 8.26. The third-order valence-corrected chi connectivity index (χ3v) is 8.93. The first-order chi connectivity index (χ1) is 21.5. The Labute approximate surface area is 261 Å². The number of rotatable bonds is 12. The number of amides is 3. The minimum Gasteiger partial charge on any atom is -0.496 e. The Morgan fingerprint density at radius 1 is 1.02 bits per heavy atom. The summed E-state index contributed by atoms with van der Waals surface area (Å²) in [5, 5.41) is 14.8. The Kier molecular flexibility index (Phi) is 10.9. The van der Waals surface area contributed by atoms with Crippen molar-refractivity contribution in [3.8, 4) is 11.5 Å². The van der Waals surface area contributed by atoms with E-state index in [9.17, 15) is 22.8 Å². The maximum atomic E-state index is 13.4. The summed E-state index contributed by atoms with van der Waals surface area (Å²) in [6, 6.07) is 10.7. The van der Waals surface area contributed by atoms with E-state index in [4.69, 9.17) is 9.47 Å². The normalized spacial score (nSPS) is 14.3. The number of likely N-dealkylation sites (N-methyl/N-ethyl adjacent to an activating group) is 1. The van der Waals surface area contributed by atoms with Crippen molar-refractivity contribution >= 4 is 39.1 Å². The average molecular weight is 640 g/mol. The van der Waals surface area contributed by atoms with Gasteiger partial charge in [0.15, 0.2) is 0 Å². The molecule has 15 heteroatoms. The Morgan fingerprint density at radius 2 is 1.69 bits per heavy atom. The summed E-state index contributed by atoms with van der Waals surface area (Å²) in [6.07, 6.45) is 5.17. The molecule has 4 rings (SSSR count). The number of H-pyrrole nitrogens is 1. The van der Waals surface area contributed by atoms with Crippen LogP contribution in [0, 0.1) is 0 Å². The van der Waals surface area contributed by atoms with E-state index in [1.54, 1.807) is 36.4 Å². The smallest absolute Gasteiger partial charge is 0.271 e. The van der Waals surface area contributed by atoms with Gasteiger partial charge in [-0.15, -0.1) is 0 Å². The fourth-order valence-electron chi connectivity index (χ4n) is 4.75. The largest absolute Gasteiger partial charge is 0.496 e. The van der Waals surface area contributed by atoms with Crippen molar-refractivity contribution in [1.29, 1.82) is 0 Å². The maximum Gasteiger partial charge on any atom is 0.271 e. The maximum absolute atomic E-state index is 13.4. The highest BCUT2D eigenvalue weighted by molar-refractivity contribution is 7.89. The van der Waals surface area contributed by atoms with Crippen LogP contribution in [-0.2, 0) is 14.8 Å². The molecule has 0 spiro atoms. The molecular formula is C30H37N7O7S. The molecule has 0 atom stereocenters. The molecule has 0 bridgehead atoms. The number of benzene rings is 2. The molecule has 45 heavy (non-hydrogen) atoms. The van der Waals surface area contributed by atoms with Gasteiger partial charge in [-0.2, -0.15) is 9.40 Å². The van der Waals surface area contributed by atoms with Crippen molar-refractivity contribution in [2.75, 3.05) is 58.6 Å². The van der Waals surface area contributed by atoms with E-state index >= 15 is 0 Å². The predicted molar refractivity (Wildman–Crippen MR) is 168 cm³/mol. The van der Waals surface area contributed by atoms with Gasteiger partial charge in [0.1, 0.15) is 22.8 Å². The summed E-state index contributed by atoms with van der Waals surface area (Å²) in [5.41, 5.74) is 0.728. The standard InChI is InChI=1S/C30H37N7O7S/c1-36(2)15-7-12-26(38)32-21-8-5-9-22(18-21)45(41,42)37-16-13-20(14-17-37)33-30(40)28-23(19-31-35-28)34-29(39)27-24(43-3)10-6-11-25(27)44-4/h5-12,18-20H,13-17H2,1-4H3,(H,31,35)(H,32,38)(H,33,40)(H,34,39). The number of anilines is 2. The molecule has 4 N–H and O–H groups in total. The Hall–Kier alpha value is -4.73. The third-order valence-electron chi connectivity index (χ3n) is 7.04. The van der Waals surface area contributed by atoms with Crippen LogP contribution < -0.4 is 25.4 Å². The number of methoxy groups -OCH3 is 2. The molecule has 2 heterocycles. The summed E-state index contributed by atoms with van der Waals surface area (Å²) in [7, 11) is 2.79. The molecule has 14 nitrogen and oxygen atoms in total. The van der Waals surface area contributed by atoms with Crippen molar-refractivity contribution in [2.45, 2.75) is 23.8 Å². The number of carbonyl (C=O) groups excluding carboxylic acids is 3. The second-order valence-corrected chi connectivity index (χ2v) is 12.4. The summed E-state index contributed by atoms with van der Waals surface area (Å²) < 4.78 is 38.7. The molecule has 1 aliphatic heterocycles. The molecule has 0 aliphatic carbocycles. The van der Waals surface area contributed by atoms with Gasteiger partial charge in [0.2, 0.25) is 15.9 Å². The molecular weight excluding hydrogens is 602 g/mol. The van der Waals surface area contributed by atoms with Crippen molar-refractivity contribution in [1.82, 2.24) is 24.7 Å². The molecule has 0 unspecified atom stereocenters. The number of hydrogen-bond donors (Lipinski definition) is 4. The molecule has 1 fully saturated rings. The number of piperidine rings is 1. The lowest BCUT2D eigenvalue weighted by Gasteiger charge is -2.31. The fraction of sp³-hybridized carbons (Fsp3) is 0.333. The summed E-state index contributed by atoms with van der Waals surface area (Å²) in [4.78, 5) is 40.4. The van der Waals surface area contributed by atoms with E-state index in [0.29, 0.717) is 36.6 Å². The molecule has 2 aromatic carbocycles. The number of nitrogens with zero attached hydrogens (tertiary/aromatic N) is 3. The van der Waals surface area contributed by atoms with Crippen LogP contribution in [0.3, 0.4) is 0 Å². The van der Waals surface area contributed by atoms with Crippen molar-refractivity contribution in [2.24, 2.45) is 0 Å². The number of hydrogen-bond acceptors (Lipinski definition) is 9. The van der Waals surface area contributed by atoms with Gasteiger partial charge in [-0.1, -0.05) is 18.2 Å². The van der Waals surface area contributed by atoms with Crippen LogP contribution in [0.2, 0.25) is 0 Å². The van der Waals surface area contributed by atoms with Crippen molar-refractivity contribution < 1.29 is 32.3 Å². The lowest BCUT2D eigenvalue weighted by Crippen LogP contribution is -2.46. The second kappa shape index (κ2) is 14.8. The Bertz CT molecular complexity index is 1640. The first kappa shape index (κ1) is 33.2. The van der Waals surface area contributed by atoms with Crippen LogP contribution in [0.1, 0.15) is 33.7 Å². The van der Waals surface area contributed by atoms with Gasteiger partial charge in [-0.25, -0.2) is 8.42 Å². The zero-order chi connectivity index (χ0) is 32.6. The van der Waals surface area contributed by atoms with Crippen LogP contribution in [0.4, 0.5) is 11.4 Å². The Morgan fingerprint density at radius 3 is 2.33 bits per heavy atom. The Balaban J connectivity index is 1.35. The van der Waals surface area contributed by atoms with E-state index < -0.39 is 21.8 Å². The highest BCUT2D eigenvalue weighted by Gasteiger charge is 2.31. The molecule has 3 aromatic rings. The van der Waals surface area contributed by atoms with Crippen LogP contribution in [0.25, 0.3) is 0 Å². The van der Waals surface area contributed by atoms with Crippen molar-refractivity contribution in [3.05, 3.63) is 72.1 Å². The number of sulfonamides is 1. The van der Waals surface area contributed by atoms with Crippen LogP contribution in [0.5, 0.6) is 11.5 Å². The highest BCUT2D eigenvalue weighted by Crippen LogP contribution is 2.29. The highest BCUT2D eigenvalue weighted by atomic mass is 32.2. The van der Waals surface area contributed by atoms with Crippen molar-refractivity contribution in [3.63, 3.8) is 0 Å². The number of ether oxygens (including phenoxy) is 2. The summed E-state index contributed by atoms with van der Waals surface area (Å²) in [5.74, 6) is -0.816. The molecule has 0 radical (unpaired) electrons. The quantitative estimate of drug-likeness (QED) is 0.217. The van der Waals surface area contributed by atoms with Gasteiger partial charge in [-0.05, 0) is 57.3 Å². The van der Waals surface area contributed by atoms with Gasteiger partial charge < -0.3 is 30.3 Å². The number of aromatic nitrogens is 2. The minimum absolute atomic E-state index is 0.0442. The molecule has 1 aromatic heterocycles.